The number of aldehydes is 1. The van der Waals surface area contributed by atoms with Crippen LogP contribution in [0.5, 0.6) is 0 Å². The lowest BCUT2D eigenvalue weighted by atomic mass is 9.96. The molecule has 0 aliphatic carbocycles. The van der Waals surface area contributed by atoms with Crippen LogP contribution in [0, 0.1) is 5.92 Å². The van der Waals surface area contributed by atoms with Gasteiger partial charge in [0.15, 0.2) is 0 Å². The summed E-state index contributed by atoms with van der Waals surface area (Å²) in [5.41, 5.74) is 0. The van der Waals surface area contributed by atoms with Gasteiger partial charge in [0.25, 0.3) is 0 Å². The second kappa shape index (κ2) is 10.7. The van der Waals surface area contributed by atoms with Crippen molar-refractivity contribution >= 4 is 6.29 Å². The topological polar surface area (TPSA) is 17.1 Å². The van der Waals surface area contributed by atoms with Crippen LogP contribution in [0.15, 0.2) is 0 Å². The van der Waals surface area contributed by atoms with Crippen molar-refractivity contribution in [3.63, 3.8) is 0 Å². The second-order valence-corrected chi connectivity index (χ2v) is 4.24. The normalized spacial score (nSPS) is 12.7. The molecule has 0 aliphatic rings. The quantitative estimate of drug-likeness (QED) is 0.377. The molecule has 1 atom stereocenters. The summed E-state index contributed by atoms with van der Waals surface area (Å²) in [6.07, 6.45) is 12.3. The third-order valence-corrected chi connectivity index (χ3v) is 2.80. The summed E-state index contributed by atoms with van der Waals surface area (Å²) in [7, 11) is 0. The zero-order valence-electron chi connectivity index (χ0n) is 9.93. The molecule has 0 bridgehead atoms. The Balaban J connectivity index is 3.28. The van der Waals surface area contributed by atoms with Gasteiger partial charge in [-0.05, 0) is 12.8 Å². The minimum atomic E-state index is 0.344. The molecule has 0 aromatic carbocycles. The SMILES string of the molecule is CCCCCCCC(C=O)CCCC. The molecular formula is C13H26O. The van der Waals surface area contributed by atoms with E-state index in [1.807, 2.05) is 0 Å². The highest BCUT2D eigenvalue weighted by atomic mass is 16.1. The van der Waals surface area contributed by atoms with Gasteiger partial charge in [-0.1, -0.05) is 58.8 Å². The van der Waals surface area contributed by atoms with E-state index < -0.39 is 0 Å². The van der Waals surface area contributed by atoms with Crippen LogP contribution in [0.25, 0.3) is 0 Å². The summed E-state index contributed by atoms with van der Waals surface area (Å²) in [6, 6.07) is 0. The Morgan fingerprint density at radius 2 is 1.43 bits per heavy atom. The molecule has 0 aromatic rings. The van der Waals surface area contributed by atoms with E-state index in [0.29, 0.717) is 5.92 Å². The Bertz CT molecular complexity index is 120. The van der Waals surface area contributed by atoms with E-state index >= 15 is 0 Å². The Morgan fingerprint density at radius 3 is 2.00 bits per heavy atom. The fourth-order valence-corrected chi connectivity index (χ4v) is 1.76. The number of carbonyl (C=O) groups is 1. The summed E-state index contributed by atoms with van der Waals surface area (Å²) in [6.45, 7) is 4.42. The average molecular weight is 198 g/mol. The van der Waals surface area contributed by atoms with Gasteiger partial charge in [-0.15, -0.1) is 0 Å². The Kier molecular flexibility index (Phi) is 10.5. The summed E-state index contributed by atoms with van der Waals surface area (Å²) < 4.78 is 0. The van der Waals surface area contributed by atoms with Crippen LogP contribution in [-0.4, -0.2) is 6.29 Å². The van der Waals surface area contributed by atoms with Crippen LogP contribution in [0.2, 0.25) is 0 Å². The Morgan fingerprint density at radius 1 is 0.857 bits per heavy atom. The monoisotopic (exact) mass is 198 g/mol. The van der Waals surface area contributed by atoms with Crippen LogP contribution in [-0.2, 0) is 4.79 Å². The van der Waals surface area contributed by atoms with Crippen molar-refractivity contribution in [2.45, 2.75) is 71.6 Å². The van der Waals surface area contributed by atoms with Crippen LogP contribution in [0.4, 0.5) is 0 Å². The number of rotatable bonds is 10. The average Bonchev–Trinajstić information content (AvgIpc) is 2.22. The van der Waals surface area contributed by atoms with Gasteiger partial charge in [-0.25, -0.2) is 0 Å². The first kappa shape index (κ1) is 13.7. The molecule has 0 heterocycles. The molecule has 0 rings (SSSR count). The first-order chi connectivity index (χ1) is 6.85. The fraction of sp³-hybridized carbons (Fsp3) is 0.923. The number of hydrogen-bond acceptors (Lipinski definition) is 1. The molecule has 14 heavy (non-hydrogen) atoms. The molecule has 0 saturated carbocycles. The molecule has 0 N–H and O–H groups in total. The van der Waals surface area contributed by atoms with Crippen molar-refractivity contribution in [3.05, 3.63) is 0 Å². The highest BCUT2D eigenvalue weighted by Gasteiger charge is 2.05. The molecule has 0 spiro atoms. The van der Waals surface area contributed by atoms with Crippen molar-refractivity contribution in [2.75, 3.05) is 0 Å². The number of hydrogen-bond donors (Lipinski definition) is 0. The molecule has 0 aliphatic heterocycles. The minimum Gasteiger partial charge on any atom is -0.303 e. The molecule has 84 valence electrons. The second-order valence-electron chi connectivity index (χ2n) is 4.24. The third kappa shape index (κ3) is 8.28. The third-order valence-electron chi connectivity index (χ3n) is 2.80. The first-order valence-electron chi connectivity index (χ1n) is 6.30. The molecule has 1 unspecified atom stereocenters. The van der Waals surface area contributed by atoms with Gasteiger partial charge in [-0.2, -0.15) is 0 Å². The van der Waals surface area contributed by atoms with E-state index in [0.717, 1.165) is 19.1 Å². The van der Waals surface area contributed by atoms with Gasteiger partial charge in [0.1, 0.15) is 6.29 Å². The van der Waals surface area contributed by atoms with E-state index in [-0.39, 0.29) is 0 Å². The smallest absolute Gasteiger partial charge is 0.123 e. The lowest BCUT2D eigenvalue weighted by Crippen LogP contribution is -2.01. The Hall–Kier alpha value is -0.330. The minimum absolute atomic E-state index is 0.344. The van der Waals surface area contributed by atoms with Crippen LogP contribution < -0.4 is 0 Å². The predicted octanol–water partition coefficient (Wildman–Crippen LogP) is 4.35. The van der Waals surface area contributed by atoms with Crippen molar-refractivity contribution in [1.82, 2.24) is 0 Å². The lowest BCUT2D eigenvalue weighted by molar-refractivity contribution is -0.111. The van der Waals surface area contributed by atoms with Gasteiger partial charge in [0.2, 0.25) is 0 Å². The van der Waals surface area contributed by atoms with E-state index in [1.165, 1.54) is 44.9 Å². The zero-order chi connectivity index (χ0) is 10.6. The van der Waals surface area contributed by atoms with Crippen molar-refractivity contribution in [3.8, 4) is 0 Å². The highest BCUT2D eigenvalue weighted by Crippen LogP contribution is 2.15. The largest absolute Gasteiger partial charge is 0.303 e. The standard InChI is InChI=1S/C13H26O/c1-3-5-7-8-9-11-13(12-14)10-6-4-2/h12-13H,3-11H2,1-2H3. The molecule has 1 nitrogen and oxygen atoms in total. The molecule has 0 saturated heterocycles. The maximum absolute atomic E-state index is 10.7. The van der Waals surface area contributed by atoms with E-state index in [1.54, 1.807) is 0 Å². The highest BCUT2D eigenvalue weighted by molar-refractivity contribution is 5.53. The Labute approximate surface area is 89.3 Å². The van der Waals surface area contributed by atoms with Crippen LogP contribution in [0.1, 0.15) is 71.6 Å². The number of unbranched alkanes of at least 4 members (excludes halogenated alkanes) is 5. The molecule has 1 heteroatoms. The summed E-state index contributed by atoms with van der Waals surface area (Å²) >= 11 is 0. The van der Waals surface area contributed by atoms with Crippen molar-refractivity contribution in [2.24, 2.45) is 5.92 Å². The fourth-order valence-electron chi connectivity index (χ4n) is 1.76. The molecule has 0 radical (unpaired) electrons. The summed E-state index contributed by atoms with van der Waals surface area (Å²) in [4.78, 5) is 10.7. The van der Waals surface area contributed by atoms with Gasteiger partial charge >= 0.3 is 0 Å². The number of carbonyl (C=O) groups excluding carboxylic acids is 1. The molecule has 0 aromatic heterocycles. The van der Waals surface area contributed by atoms with Crippen molar-refractivity contribution < 1.29 is 4.79 Å². The van der Waals surface area contributed by atoms with Gasteiger partial charge in [0.05, 0.1) is 0 Å². The molecule has 0 amide bonds. The van der Waals surface area contributed by atoms with E-state index in [9.17, 15) is 4.79 Å². The predicted molar refractivity (Wildman–Crippen MR) is 62.5 cm³/mol. The maximum atomic E-state index is 10.7. The van der Waals surface area contributed by atoms with E-state index in [4.69, 9.17) is 0 Å². The van der Waals surface area contributed by atoms with Crippen LogP contribution >= 0.6 is 0 Å². The van der Waals surface area contributed by atoms with Crippen LogP contribution in [0.3, 0.4) is 0 Å². The summed E-state index contributed by atoms with van der Waals surface area (Å²) in [5.74, 6) is 0.344. The first-order valence-corrected chi connectivity index (χ1v) is 6.30. The van der Waals surface area contributed by atoms with Crippen molar-refractivity contribution in [1.29, 1.82) is 0 Å². The zero-order valence-corrected chi connectivity index (χ0v) is 9.93. The lowest BCUT2D eigenvalue weighted by Gasteiger charge is -2.08. The molecular weight excluding hydrogens is 172 g/mol. The van der Waals surface area contributed by atoms with Gasteiger partial charge in [-0.3, -0.25) is 0 Å². The molecule has 0 fully saturated rings. The summed E-state index contributed by atoms with van der Waals surface area (Å²) in [5, 5.41) is 0. The maximum Gasteiger partial charge on any atom is 0.123 e. The van der Waals surface area contributed by atoms with Gasteiger partial charge < -0.3 is 4.79 Å². The van der Waals surface area contributed by atoms with Gasteiger partial charge in [0, 0.05) is 5.92 Å². The van der Waals surface area contributed by atoms with E-state index in [2.05, 4.69) is 13.8 Å².